The number of aliphatic carboxylic acids is 8. The van der Waals surface area contributed by atoms with E-state index < -0.39 is 181 Å². The van der Waals surface area contributed by atoms with Gasteiger partial charge in [-0.1, -0.05) is 0 Å². The number of carbonyl (C=O) groups is 12. The number of carboxylic acid groups (broad SMARTS) is 8. The number of carbonyl (C=O) groups excluding carboxylic acids is 4. The molecule has 0 aliphatic heterocycles. The lowest BCUT2D eigenvalue weighted by atomic mass is 9.67. The Hall–Kier alpha value is -5.96. The van der Waals surface area contributed by atoms with Gasteiger partial charge in [0.25, 0.3) is 0 Å². The predicted molar refractivity (Wildman–Crippen MR) is 153 cm³/mol. The maximum atomic E-state index is 13.4. The summed E-state index contributed by atoms with van der Waals surface area (Å²) in [6, 6.07) is 0. The molecule has 0 amide bonds. The summed E-state index contributed by atoms with van der Waals surface area (Å²) in [6.07, 6.45) is -5.75. The van der Waals surface area contributed by atoms with Crippen LogP contribution in [0.2, 0.25) is 0 Å². The topological polar surface area (TPSA) is 385 Å². The lowest BCUT2D eigenvalue weighted by Crippen LogP contribution is -2.49. The summed E-state index contributed by atoms with van der Waals surface area (Å²) in [5.74, 6) is -43.8. The maximum Gasteiger partial charge on any atom is 0.317 e. The number of carboxylic acids is 8. The summed E-state index contributed by atoms with van der Waals surface area (Å²) in [5, 5.41) is 76.5. The van der Waals surface area contributed by atoms with E-state index in [1.165, 1.54) is 0 Å². The average molecular weight is 745 g/mol. The van der Waals surface area contributed by atoms with E-state index in [1.54, 1.807) is 0 Å². The molecule has 3 aliphatic carbocycles. The lowest BCUT2D eigenvalue weighted by Gasteiger charge is -2.37. The molecule has 0 aromatic rings. The second kappa shape index (κ2) is 15.9. The van der Waals surface area contributed by atoms with E-state index in [9.17, 15) is 98.4 Å². The third-order valence-electron chi connectivity index (χ3n) is 10.1. The lowest BCUT2D eigenvalue weighted by molar-refractivity contribution is -0.184. The molecule has 0 aromatic carbocycles. The van der Waals surface area contributed by atoms with Gasteiger partial charge in [0.05, 0.1) is 71.0 Å². The van der Waals surface area contributed by atoms with Crippen LogP contribution in [0.25, 0.3) is 0 Å². The van der Waals surface area contributed by atoms with Crippen molar-refractivity contribution in [2.45, 2.75) is 38.5 Å². The van der Waals surface area contributed by atoms with Gasteiger partial charge >= 0.3 is 71.6 Å². The van der Waals surface area contributed by atoms with Crippen molar-refractivity contribution >= 4 is 71.6 Å². The minimum atomic E-state index is -2.11. The summed E-state index contributed by atoms with van der Waals surface area (Å²) in [5.41, 5.74) is 0. The van der Waals surface area contributed by atoms with Crippen molar-refractivity contribution in [1.29, 1.82) is 0 Å². The molecule has 8 N–H and O–H groups in total. The Morgan fingerprint density at radius 2 is 0.365 bits per heavy atom. The van der Waals surface area contributed by atoms with Gasteiger partial charge in [0.15, 0.2) is 0 Å². The molecule has 0 bridgehead atoms. The number of rotatable bonds is 12. The Kier molecular flexibility index (Phi) is 12.4. The second-order valence-corrected chi connectivity index (χ2v) is 12.9. The van der Waals surface area contributed by atoms with Crippen molar-refractivity contribution in [3.8, 4) is 0 Å². The first-order valence-corrected chi connectivity index (χ1v) is 15.4. The van der Waals surface area contributed by atoms with E-state index in [0.29, 0.717) is 0 Å². The van der Waals surface area contributed by atoms with Crippen LogP contribution in [0.1, 0.15) is 38.5 Å². The Bertz CT molecular complexity index is 1480. The second-order valence-electron chi connectivity index (χ2n) is 12.9. The third kappa shape index (κ3) is 8.49. The fraction of sp³-hybridized carbons (Fsp3) is 0.600. The first-order valence-electron chi connectivity index (χ1n) is 15.4. The molecule has 22 heteroatoms. The normalized spacial score (nSPS) is 32.9. The summed E-state index contributed by atoms with van der Waals surface area (Å²) in [7, 11) is 0. The Morgan fingerprint density at radius 1 is 0.250 bits per heavy atom. The molecule has 0 radical (unpaired) electrons. The summed E-state index contributed by atoms with van der Waals surface area (Å²) in [4.78, 5) is 148. The predicted octanol–water partition coefficient (Wildman–Crippen LogP) is -1.42. The average Bonchev–Trinajstić information content (AvgIpc) is 3.05. The monoisotopic (exact) mass is 744 g/mol. The molecule has 3 saturated carbocycles. The van der Waals surface area contributed by atoms with Gasteiger partial charge in [-0.05, 0) is 38.5 Å². The molecule has 3 aliphatic rings. The van der Waals surface area contributed by atoms with Crippen molar-refractivity contribution < 1.29 is 108 Å². The van der Waals surface area contributed by atoms with Gasteiger partial charge in [-0.2, -0.15) is 0 Å². The fourth-order valence-electron chi connectivity index (χ4n) is 7.34. The van der Waals surface area contributed by atoms with Crippen LogP contribution in [-0.4, -0.2) is 112 Å². The molecule has 284 valence electrons. The van der Waals surface area contributed by atoms with Crippen molar-refractivity contribution in [3.63, 3.8) is 0 Å². The van der Waals surface area contributed by atoms with Gasteiger partial charge in [-0.25, -0.2) is 0 Å². The maximum absolute atomic E-state index is 13.4. The highest BCUT2D eigenvalue weighted by molar-refractivity contribution is 5.97. The highest BCUT2D eigenvalue weighted by Crippen LogP contribution is 2.44. The van der Waals surface area contributed by atoms with Crippen LogP contribution in [0.15, 0.2) is 0 Å². The highest BCUT2D eigenvalue weighted by atomic mass is 16.6. The standard InChI is InChI=1S/C30H32O22/c31-19(32)7-1-13(25(43)44)15(3-9(7)21(35)36)27(47)51-29(49)17-5-11(23(39)40)12(24(41)42)6-18(17)30(50)52-28(48)16-4-10(22(37)38)8(20(33)34)2-14(16)26(45)46/h7-18H,1-6H2,(H,31,32)(H,33,34)(H,35,36)(H,37,38)(H,39,40)(H,41,42)(H,43,44)(H,45,46). The summed E-state index contributed by atoms with van der Waals surface area (Å²) in [6.45, 7) is 0. The van der Waals surface area contributed by atoms with E-state index in [2.05, 4.69) is 0 Å². The smallest absolute Gasteiger partial charge is 0.317 e. The largest absolute Gasteiger partial charge is 0.481 e. The molecule has 0 saturated heterocycles. The fourth-order valence-corrected chi connectivity index (χ4v) is 7.34. The number of hydrogen-bond acceptors (Lipinski definition) is 14. The van der Waals surface area contributed by atoms with E-state index in [-0.39, 0.29) is 0 Å². The molecule has 22 nitrogen and oxygen atoms in total. The highest BCUT2D eigenvalue weighted by Gasteiger charge is 2.55. The molecule has 0 heterocycles. The van der Waals surface area contributed by atoms with Crippen LogP contribution in [0.4, 0.5) is 0 Å². The quantitative estimate of drug-likeness (QED) is 0.0839. The van der Waals surface area contributed by atoms with Gasteiger partial charge in [-0.3, -0.25) is 57.5 Å². The van der Waals surface area contributed by atoms with E-state index >= 15 is 0 Å². The zero-order chi connectivity index (χ0) is 39.5. The van der Waals surface area contributed by atoms with Crippen LogP contribution >= 0.6 is 0 Å². The molecule has 52 heavy (non-hydrogen) atoms. The van der Waals surface area contributed by atoms with E-state index in [4.69, 9.17) is 9.47 Å². The van der Waals surface area contributed by atoms with Crippen molar-refractivity contribution in [3.05, 3.63) is 0 Å². The van der Waals surface area contributed by atoms with Gasteiger partial charge in [0, 0.05) is 0 Å². The molecule has 12 unspecified atom stereocenters. The van der Waals surface area contributed by atoms with Gasteiger partial charge in [0.2, 0.25) is 0 Å². The van der Waals surface area contributed by atoms with Gasteiger partial charge < -0.3 is 50.3 Å². The summed E-state index contributed by atoms with van der Waals surface area (Å²) >= 11 is 0. The molecule has 12 atom stereocenters. The number of esters is 4. The van der Waals surface area contributed by atoms with Gasteiger partial charge in [0.1, 0.15) is 0 Å². The minimum Gasteiger partial charge on any atom is -0.481 e. The Labute approximate surface area is 289 Å². The first kappa shape index (κ1) is 40.5. The van der Waals surface area contributed by atoms with Crippen LogP contribution in [0.5, 0.6) is 0 Å². The Balaban J connectivity index is 1.94. The molecule has 0 aromatic heterocycles. The van der Waals surface area contributed by atoms with Crippen molar-refractivity contribution in [2.24, 2.45) is 71.0 Å². The number of ether oxygens (including phenoxy) is 2. The van der Waals surface area contributed by atoms with Crippen LogP contribution in [0, 0.1) is 71.0 Å². The van der Waals surface area contributed by atoms with E-state index in [1.807, 2.05) is 0 Å². The zero-order valence-electron chi connectivity index (χ0n) is 26.5. The Morgan fingerprint density at radius 3 is 0.519 bits per heavy atom. The molecular weight excluding hydrogens is 712 g/mol. The van der Waals surface area contributed by atoms with E-state index in [0.717, 1.165) is 0 Å². The van der Waals surface area contributed by atoms with Crippen LogP contribution < -0.4 is 0 Å². The number of hydrogen-bond donors (Lipinski definition) is 8. The SMILES string of the molecule is O=C(O)C1CC(C(=O)O)C(C(=O)OC(=O)C2CC(C(=O)O)C(C(=O)O)CC2C(=O)OC(=O)C2CC(C(=O)O)C(C(=O)O)CC2C(=O)O)CC1C(=O)O. The van der Waals surface area contributed by atoms with Crippen LogP contribution in [0.3, 0.4) is 0 Å². The zero-order valence-corrected chi connectivity index (χ0v) is 26.5. The summed E-state index contributed by atoms with van der Waals surface area (Å²) < 4.78 is 9.54. The molecule has 0 spiro atoms. The van der Waals surface area contributed by atoms with Crippen molar-refractivity contribution in [2.75, 3.05) is 0 Å². The molecule has 3 fully saturated rings. The van der Waals surface area contributed by atoms with Crippen LogP contribution in [-0.2, 0) is 67.0 Å². The third-order valence-corrected chi connectivity index (χ3v) is 10.1. The molecular formula is C30H32O22. The minimum absolute atomic E-state index is 0.883. The van der Waals surface area contributed by atoms with Gasteiger partial charge in [-0.15, -0.1) is 0 Å². The molecule has 3 rings (SSSR count). The first-order chi connectivity index (χ1) is 24.1. The van der Waals surface area contributed by atoms with Crippen molar-refractivity contribution in [1.82, 2.24) is 0 Å².